The second kappa shape index (κ2) is 6.65. The first-order valence-electron chi connectivity index (χ1n) is 7.85. The predicted molar refractivity (Wildman–Crippen MR) is 104 cm³/mol. The summed E-state index contributed by atoms with van der Waals surface area (Å²) in [5.74, 6) is -1.63. The maximum Gasteiger partial charge on any atom is 0.327 e. The van der Waals surface area contributed by atoms with Gasteiger partial charge in [0.05, 0.1) is 4.91 Å². The summed E-state index contributed by atoms with van der Waals surface area (Å²) in [7, 11) is 1.95. The van der Waals surface area contributed by atoms with Crippen LogP contribution < -0.4 is 0 Å². The highest BCUT2D eigenvalue weighted by Gasteiger charge is 2.41. The van der Waals surface area contributed by atoms with E-state index in [-0.39, 0.29) is 16.1 Å². The molecule has 1 atom stereocenters. The summed E-state index contributed by atoms with van der Waals surface area (Å²) in [6.07, 6.45) is 3.75. The molecule has 0 unspecified atom stereocenters. The second-order valence-electron chi connectivity index (χ2n) is 6.29. The van der Waals surface area contributed by atoms with E-state index in [2.05, 4.69) is 0 Å². The molecular weight excluding hydrogens is 356 g/mol. The summed E-state index contributed by atoms with van der Waals surface area (Å²) >= 11 is 6.44. The molecule has 1 amide bonds. The number of aryl methyl sites for hydroxylation is 1. The first kappa shape index (κ1) is 17.7. The van der Waals surface area contributed by atoms with Crippen molar-refractivity contribution in [3.05, 3.63) is 40.9 Å². The van der Waals surface area contributed by atoms with Crippen LogP contribution in [-0.2, 0) is 16.6 Å². The molecule has 1 saturated heterocycles. The minimum atomic E-state index is -1.04. The second-order valence-corrected chi connectivity index (χ2v) is 7.97. The van der Waals surface area contributed by atoms with E-state index in [1.165, 1.54) is 4.90 Å². The maximum absolute atomic E-state index is 12.8. The van der Waals surface area contributed by atoms with E-state index in [0.29, 0.717) is 4.91 Å². The molecule has 1 fully saturated rings. The molecule has 1 aliphatic heterocycles. The van der Waals surface area contributed by atoms with Crippen LogP contribution in [0.25, 0.3) is 17.0 Å². The summed E-state index contributed by atoms with van der Waals surface area (Å²) in [4.78, 5) is 26.0. The van der Waals surface area contributed by atoms with Crippen molar-refractivity contribution >= 4 is 57.2 Å². The van der Waals surface area contributed by atoms with Gasteiger partial charge in [-0.15, -0.1) is 0 Å². The third kappa shape index (κ3) is 3.09. The topological polar surface area (TPSA) is 62.5 Å². The molecular formula is C18H18N2O3S2. The van der Waals surface area contributed by atoms with Crippen LogP contribution >= 0.6 is 24.0 Å². The summed E-state index contributed by atoms with van der Waals surface area (Å²) < 4.78 is 2.29. The number of aromatic nitrogens is 1. The first-order chi connectivity index (χ1) is 11.8. The van der Waals surface area contributed by atoms with Crippen LogP contribution in [0.4, 0.5) is 0 Å². The molecule has 1 aromatic carbocycles. The lowest BCUT2D eigenvalue weighted by atomic mass is 10.0. The standard InChI is InChI=1S/C18H18N2O3S2/c1-10(2)15(17(22)23)20-16(21)14(25-18(20)24)8-11-9-19(3)13-7-5-4-6-12(11)13/h4-10,15H,1-3H3,(H,22,23)/b14-8-/t15-/m0/s1. The zero-order valence-electron chi connectivity index (χ0n) is 14.1. The van der Waals surface area contributed by atoms with Crippen molar-refractivity contribution < 1.29 is 14.7 Å². The number of hydrogen-bond donors (Lipinski definition) is 1. The number of aliphatic carboxylic acids is 1. The van der Waals surface area contributed by atoms with Crippen molar-refractivity contribution in [2.45, 2.75) is 19.9 Å². The van der Waals surface area contributed by atoms with Crippen molar-refractivity contribution in [1.29, 1.82) is 0 Å². The van der Waals surface area contributed by atoms with E-state index in [1.54, 1.807) is 19.9 Å². The van der Waals surface area contributed by atoms with Gasteiger partial charge in [0.1, 0.15) is 10.4 Å². The Labute approximate surface area is 155 Å². The molecule has 130 valence electrons. The number of amides is 1. The zero-order valence-corrected chi connectivity index (χ0v) is 15.7. The quantitative estimate of drug-likeness (QED) is 0.656. The lowest BCUT2D eigenvalue weighted by Gasteiger charge is -2.26. The molecule has 0 saturated carbocycles. The Morgan fingerprint density at radius 2 is 2.00 bits per heavy atom. The Hall–Kier alpha value is -2.12. The van der Waals surface area contributed by atoms with Gasteiger partial charge < -0.3 is 9.67 Å². The average molecular weight is 374 g/mol. The lowest BCUT2D eigenvalue weighted by molar-refractivity contribution is -0.146. The van der Waals surface area contributed by atoms with E-state index >= 15 is 0 Å². The number of benzene rings is 1. The smallest absolute Gasteiger partial charge is 0.327 e. The van der Waals surface area contributed by atoms with Gasteiger partial charge in [-0.1, -0.05) is 56.0 Å². The van der Waals surface area contributed by atoms with Crippen molar-refractivity contribution in [3.63, 3.8) is 0 Å². The van der Waals surface area contributed by atoms with Crippen LogP contribution in [0.1, 0.15) is 19.4 Å². The van der Waals surface area contributed by atoms with Crippen LogP contribution in [0.3, 0.4) is 0 Å². The van der Waals surface area contributed by atoms with Gasteiger partial charge in [0, 0.05) is 29.7 Å². The van der Waals surface area contributed by atoms with Crippen LogP contribution in [0.15, 0.2) is 35.4 Å². The largest absolute Gasteiger partial charge is 0.480 e. The van der Waals surface area contributed by atoms with Gasteiger partial charge in [0.25, 0.3) is 5.91 Å². The van der Waals surface area contributed by atoms with E-state index in [0.717, 1.165) is 28.2 Å². The fourth-order valence-electron chi connectivity index (χ4n) is 3.04. The van der Waals surface area contributed by atoms with Gasteiger partial charge in [-0.3, -0.25) is 9.69 Å². The summed E-state index contributed by atoms with van der Waals surface area (Å²) in [5.41, 5.74) is 1.98. The van der Waals surface area contributed by atoms with Crippen molar-refractivity contribution in [2.24, 2.45) is 13.0 Å². The minimum Gasteiger partial charge on any atom is -0.480 e. The van der Waals surface area contributed by atoms with E-state index in [1.807, 2.05) is 42.1 Å². The number of rotatable bonds is 4. The molecule has 0 bridgehead atoms. The molecule has 0 spiro atoms. The van der Waals surface area contributed by atoms with E-state index < -0.39 is 12.0 Å². The third-order valence-electron chi connectivity index (χ3n) is 4.20. The molecule has 0 aliphatic carbocycles. The van der Waals surface area contributed by atoms with Crippen LogP contribution in [0, 0.1) is 5.92 Å². The Morgan fingerprint density at radius 1 is 1.32 bits per heavy atom. The Balaban J connectivity index is 2.01. The highest BCUT2D eigenvalue weighted by Crippen LogP contribution is 2.36. The average Bonchev–Trinajstić information content (AvgIpc) is 3.00. The van der Waals surface area contributed by atoms with Gasteiger partial charge in [0.2, 0.25) is 0 Å². The van der Waals surface area contributed by atoms with Gasteiger partial charge >= 0.3 is 5.97 Å². The fraction of sp³-hybridized carbons (Fsp3) is 0.278. The van der Waals surface area contributed by atoms with Crippen LogP contribution in [-0.4, -0.2) is 36.8 Å². The zero-order chi connectivity index (χ0) is 18.3. The summed E-state index contributed by atoms with van der Waals surface area (Å²) in [6.45, 7) is 3.54. The summed E-state index contributed by atoms with van der Waals surface area (Å²) in [5, 5.41) is 10.5. The minimum absolute atomic E-state index is 0.239. The molecule has 25 heavy (non-hydrogen) atoms. The maximum atomic E-state index is 12.8. The molecule has 2 aromatic rings. The molecule has 0 radical (unpaired) electrons. The number of thiocarbonyl (C=S) groups is 1. The van der Waals surface area contributed by atoms with Gasteiger partial charge in [-0.2, -0.15) is 0 Å². The number of carbonyl (C=O) groups excluding carboxylic acids is 1. The number of thioether (sulfide) groups is 1. The first-order valence-corrected chi connectivity index (χ1v) is 9.07. The number of carboxylic acids is 1. The lowest BCUT2D eigenvalue weighted by Crippen LogP contribution is -2.47. The molecule has 1 N–H and O–H groups in total. The molecule has 1 aromatic heterocycles. The van der Waals surface area contributed by atoms with Gasteiger partial charge in [-0.25, -0.2) is 4.79 Å². The van der Waals surface area contributed by atoms with Crippen LogP contribution in [0.5, 0.6) is 0 Å². The molecule has 7 heteroatoms. The number of nitrogens with zero attached hydrogens (tertiary/aromatic N) is 2. The molecule has 2 heterocycles. The number of fused-ring (bicyclic) bond motifs is 1. The number of carbonyl (C=O) groups is 2. The highest BCUT2D eigenvalue weighted by atomic mass is 32.2. The third-order valence-corrected chi connectivity index (χ3v) is 5.53. The number of hydrogen-bond acceptors (Lipinski definition) is 4. The normalized spacial score (nSPS) is 17.9. The van der Waals surface area contributed by atoms with Crippen molar-refractivity contribution in [1.82, 2.24) is 9.47 Å². The van der Waals surface area contributed by atoms with Gasteiger partial charge in [-0.05, 0) is 18.1 Å². The molecule has 5 nitrogen and oxygen atoms in total. The van der Waals surface area contributed by atoms with Crippen LogP contribution in [0.2, 0.25) is 0 Å². The van der Waals surface area contributed by atoms with Crippen molar-refractivity contribution in [2.75, 3.05) is 0 Å². The number of carboxylic acid groups (broad SMARTS) is 1. The summed E-state index contributed by atoms with van der Waals surface area (Å²) in [6, 6.07) is 6.97. The van der Waals surface area contributed by atoms with E-state index in [4.69, 9.17) is 12.2 Å². The molecule has 1 aliphatic rings. The Morgan fingerprint density at radius 3 is 2.64 bits per heavy atom. The van der Waals surface area contributed by atoms with E-state index in [9.17, 15) is 14.7 Å². The monoisotopic (exact) mass is 374 g/mol. The number of para-hydroxylation sites is 1. The SMILES string of the molecule is CC(C)[C@@H](C(=O)O)N1C(=O)/C(=C/c2cn(C)c3ccccc23)SC1=S. The van der Waals surface area contributed by atoms with Gasteiger partial charge in [0.15, 0.2) is 0 Å². The fourth-order valence-corrected chi connectivity index (χ4v) is 4.36. The Kier molecular flexibility index (Phi) is 4.71. The Bertz CT molecular complexity index is 914. The van der Waals surface area contributed by atoms with Crippen molar-refractivity contribution in [3.8, 4) is 0 Å². The molecule has 3 rings (SSSR count). The predicted octanol–water partition coefficient (Wildman–Crippen LogP) is 3.49. The highest BCUT2D eigenvalue weighted by molar-refractivity contribution is 8.26.